The van der Waals surface area contributed by atoms with E-state index in [-0.39, 0.29) is 0 Å². The zero-order chi connectivity index (χ0) is 7.68. The molecule has 0 aromatic heterocycles. The van der Waals surface area contributed by atoms with Gasteiger partial charge in [0, 0.05) is 12.3 Å². The number of Topliss-reactive ketones (excluding diaryl/α,β-unsaturated/α-hetero) is 1. The quantitative estimate of drug-likeness (QED) is 0.484. The zero-order valence-electron chi connectivity index (χ0n) is 6.75. The summed E-state index contributed by atoms with van der Waals surface area (Å²) in [5.74, 6) is 1.49. The van der Waals surface area contributed by atoms with Gasteiger partial charge in [-0.05, 0) is 25.2 Å². The van der Waals surface area contributed by atoms with E-state index in [1.807, 2.05) is 0 Å². The van der Waals surface area contributed by atoms with Gasteiger partial charge in [-0.15, -0.1) is 0 Å². The van der Waals surface area contributed by atoms with Crippen molar-refractivity contribution in [3.8, 4) is 0 Å². The molecule has 0 spiro atoms. The van der Waals surface area contributed by atoms with Crippen molar-refractivity contribution < 1.29 is 4.79 Å². The average Bonchev–Trinajstić information content (AvgIpc) is 2.40. The normalized spacial score (nSPS) is 36.9. The van der Waals surface area contributed by atoms with E-state index in [9.17, 15) is 4.79 Å². The summed E-state index contributed by atoms with van der Waals surface area (Å²) in [5.41, 5.74) is 0. The molecule has 0 saturated heterocycles. The largest absolute Gasteiger partial charge is 0.299 e. The van der Waals surface area contributed by atoms with Gasteiger partial charge in [0.05, 0.1) is 0 Å². The lowest BCUT2D eigenvalue weighted by Crippen LogP contribution is -2.16. The molecule has 2 atom stereocenters. The monoisotopic (exact) mass is 150 g/mol. The number of rotatable bonds is 0. The molecule has 0 aliphatic heterocycles. The highest BCUT2D eigenvalue weighted by atomic mass is 16.1. The Labute approximate surface area is 67.5 Å². The van der Waals surface area contributed by atoms with Crippen molar-refractivity contribution in [3.05, 3.63) is 12.2 Å². The van der Waals surface area contributed by atoms with Crippen LogP contribution in [0.5, 0.6) is 0 Å². The number of allylic oxidation sites excluding steroid dienone is 2. The van der Waals surface area contributed by atoms with E-state index in [0.717, 1.165) is 19.3 Å². The van der Waals surface area contributed by atoms with Gasteiger partial charge in [0.2, 0.25) is 0 Å². The van der Waals surface area contributed by atoms with E-state index in [2.05, 4.69) is 12.2 Å². The highest BCUT2D eigenvalue weighted by Gasteiger charge is 2.30. The van der Waals surface area contributed by atoms with E-state index in [1.165, 1.54) is 12.8 Å². The summed E-state index contributed by atoms with van der Waals surface area (Å²) in [6.07, 6.45) is 9.89. The van der Waals surface area contributed by atoms with Crippen LogP contribution in [0.4, 0.5) is 0 Å². The predicted molar refractivity (Wildman–Crippen MR) is 44.2 cm³/mol. The van der Waals surface area contributed by atoms with Crippen LogP contribution >= 0.6 is 0 Å². The lowest BCUT2D eigenvalue weighted by Gasteiger charge is -2.12. The Hall–Kier alpha value is -0.590. The number of carbonyl (C=O) groups is 1. The van der Waals surface area contributed by atoms with Crippen molar-refractivity contribution in [2.45, 2.75) is 32.1 Å². The second-order valence-electron chi connectivity index (χ2n) is 3.65. The fourth-order valence-corrected chi connectivity index (χ4v) is 2.24. The molecule has 2 aliphatic carbocycles. The Morgan fingerprint density at radius 1 is 1.36 bits per heavy atom. The van der Waals surface area contributed by atoms with Gasteiger partial charge in [0.25, 0.3) is 0 Å². The topological polar surface area (TPSA) is 17.1 Å². The molecular weight excluding hydrogens is 136 g/mol. The van der Waals surface area contributed by atoms with Crippen LogP contribution in [0.15, 0.2) is 12.2 Å². The van der Waals surface area contributed by atoms with E-state index >= 15 is 0 Å². The van der Waals surface area contributed by atoms with Crippen LogP contribution in [0, 0.1) is 11.8 Å². The summed E-state index contributed by atoms with van der Waals surface area (Å²) in [7, 11) is 0. The van der Waals surface area contributed by atoms with Crippen molar-refractivity contribution in [3.63, 3.8) is 0 Å². The molecule has 0 N–H and O–H groups in total. The standard InChI is InChI=1S/C10H14O/c11-10-7-2-1-4-8-5-3-6-9(8)10/h3,5,8-9H,1-2,4,6-7H2. The molecule has 2 rings (SSSR count). The molecular formula is C10H14O. The van der Waals surface area contributed by atoms with Gasteiger partial charge < -0.3 is 0 Å². The minimum Gasteiger partial charge on any atom is -0.299 e. The summed E-state index contributed by atoms with van der Waals surface area (Å²) in [6, 6.07) is 0. The second kappa shape index (κ2) is 2.80. The summed E-state index contributed by atoms with van der Waals surface area (Å²) < 4.78 is 0. The molecule has 0 heterocycles. The molecule has 0 amide bonds. The Morgan fingerprint density at radius 2 is 2.27 bits per heavy atom. The smallest absolute Gasteiger partial charge is 0.136 e. The molecule has 11 heavy (non-hydrogen) atoms. The van der Waals surface area contributed by atoms with Gasteiger partial charge in [-0.3, -0.25) is 4.79 Å². The van der Waals surface area contributed by atoms with Crippen molar-refractivity contribution in [1.82, 2.24) is 0 Å². The third kappa shape index (κ3) is 1.24. The molecule has 0 aromatic rings. The molecule has 60 valence electrons. The molecule has 2 aliphatic rings. The van der Waals surface area contributed by atoms with Crippen molar-refractivity contribution in [2.24, 2.45) is 11.8 Å². The Morgan fingerprint density at radius 3 is 3.18 bits per heavy atom. The minimum absolute atomic E-state index is 0.373. The summed E-state index contributed by atoms with van der Waals surface area (Å²) >= 11 is 0. The van der Waals surface area contributed by atoms with Crippen molar-refractivity contribution in [1.29, 1.82) is 0 Å². The third-order valence-electron chi connectivity index (χ3n) is 2.91. The van der Waals surface area contributed by atoms with Crippen LogP contribution in [-0.4, -0.2) is 5.78 Å². The molecule has 1 fully saturated rings. The van der Waals surface area contributed by atoms with E-state index < -0.39 is 0 Å². The average molecular weight is 150 g/mol. The van der Waals surface area contributed by atoms with E-state index in [0.29, 0.717) is 17.6 Å². The lowest BCUT2D eigenvalue weighted by molar-refractivity contribution is -0.123. The van der Waals surface area contributed by atoms with E-state index in [1.54, 1.807) is 0 Å². The molecule has 0 radical (unpaired) electrons. The van der Waals surface area contributed by atoms with Crippen LogP contribution in [0.2, 0.25) is 0 Å². The fourth-order valence-electron chi connectivity index (χ4n) is 2.24. The van der Waals surface area contributed by atoms with Crippen LogP contribution in [0.1, 0.15) is 32.1 Å². The number of hydrogen-bond donors (Lipinski definition) is 0. The first-order valence-corrected chi connectivity index (χ1v) is 4.57. The fraction of sp³-hybridized carbons (Fsp3) is 0.700. The molecule has 1 saturated carbocycles. The van der Waals surface area contributed by atoms with Crippen LogP contribution in [0.25, 0.3) is 0 Å². The maximum Gasteiger partial charge on any atom is 0.136 e. The first-order valence-electron chi connectivity index (χ1n) is 4.57. The predicted octanol–water partition coefficient (Wildman–Crippen LogP) is 2.32. The van der Waals surface area contributed by atoms with Crippen LogP contribution in [-0.2, 0) is 4.79 Å². The van der Waals surface area contributed by atoms with Gasteiger partial charge in [-0.1, -0.05) is 18.6 Å². The molecule has 2 unspecified atom stereocenters. The molecule has 0 aromatic carbocycles. The summed E-state index contributed by atoms with van der Waals surface area (Å²) in [6.45, 7) is 0. The second-order valence-corrected chi connectivity index (χ2v) is 3.65. The first-order chi connectivity index (χ1) is 5.38. The van der Waals surface area contributed by atoms with Crippen molar-refractivity contribution >= 4 is 5.78 Å². The Bertz CT molecular complexity index is 193. The number of fused-ring (bicyclic) bond motifs is 1. The SMILES string of the molecule is O=C1CCCCC2C=CCC12. The van der Waals surface area contributed by atoms with Gasteiger partial charge in [-0.2, -0.15) is 0 Å². The highest BCUT2D eigenvalue weighted by Crippen LogP contribution is 2.34. The first kappa shape index (κ1) is 7.08. The van der Waals surface area contributed by atoms with Gasteiger partial charge >= 0.3 is 0 Å². The molecule has 1 heteroatoms. The minimum atomic E-state index is 0.373. The summed E-state index contributed by atoms with van der Waals surface area (Å²) in [5, 5.41) is 0. The maximum atomic E-state index is 11.5. The third-order valence-corrected chi connectivity index (χ3v) is 2.91. The Kier molecular flexibility index (Phi) is 1.80. The number of hydrogen-bond acceptors (Lipinski definition) is 1. The number of carbonyl (C=O) groups excluding carboxylic acids is 1. The molecule has 1 nitrogen and oxygen atoms in total. The van der Waals surface area contributed by atoms with Gasteiger partial charge in [0.1, 0.15) is 5.78 Å². The van der Waals surface area contributed by atoms with Crippen LogP contribution < -0.4 is 0 Å². The van der Waals surface area contributed by atoms with Crippen LogP contribution in [0.3, 0.4) is 0 Å². The lowest BCUT2D eigenvalue weighted by atomic mass is 9.90. The van der Waals surface area contributed by atoms with E-state index in [4.69, 9.17) is 0 Å². The number of ketones is 1. The van der Waals surface area contributed by atoms with Crippen molar-refractivity contribution in [2.75, 3.05) is 0 Å². The van der Waals surface area contributed by atoms with Gasteiger partial charge in [0.15, 0.2) is 0 Å². The Balaban J connectivity index is 2.13. The zero-order valence-corrected chi connectivity index (χ0v) is 6.75. The molecule has 0 bridgehead atoms. The van der Waals surface area contributed by atoms with Gasteiger partial charge in [-0.25, -0.2) is 0 Å². The highest BCUT2D eigenvalue weighted by molar-refractivity contribution is 5.82. The summed E-state index contributed by atoms with van der Waals surface area (Å²) in [4.78, 5) is 11.5. The maximum absolute atomic E-state index is 11.5.